The Hall–Kier alpha value is -2.81. The number of piperidine rings is 1. The molecule has 2 amide bonds. The molecule has 0 radical (unpaired) electrons. The summed E-state index contributed by atoms with van der Waals surface area (Å²) in [6.07, 6.45) is 4.92. The lowest BCUT2D eigenvalue weighted by atomic mass is 9.72. The van der Waals surface area contributed by atoms with E-state index in [-0.39, 0.29) is 11.8 Å². The number of nitrogens with one attached hydrogen (secondary N) is 2. The number of carbonyl (C=O) groups excluding carboxylic acids is 2. The molecule has 8 heteroatoms. The number of ether oxygens (including phenoxy) is 1. The Bertz CT molecular complexity index is 1000. The maximum absolute atomic E-state index is 13.9. The van der Waals surface area contributed by atoms with Crippen LogP contribution >= 0.6 is 0 Å². The molecule has 1 aromatic carbocycles. The second-order valence-corrected chi connectivity index (χ2v) is 8.99. The zero-order valence-electron chi connectivity index (χ0n) is 18.9. The van der Waals surface area contributed by atoms with Crippen LogP contribution in [-0.2, 0) is 21.5 Å². The summed E-state index contributed by atoms with van der Waals surface area (Å²) in [4.78, 5) is 35.6. The summed E-state index contributed by atoms with van der Waals surface area (Å²) in [5, 5.41) is 6.47. The monoisotopic (exact) mass is 449 g/mol. The number of morpholine rings is 1. The van der Waals surface area contributed by atoms with Crippen molar-refractivity contribution in [3.63, 3.8) is 0 Å². The predicted molar refractivity (Wildman–Crippen MR) is 125 cm³/mol. The molecule has 5 rings (SSSR count). The molecule has 0 aliphatic carbocycles. The number of aromatic nitrogens is 1. The van der Waals surface area contributed by atoms with E-state index in [1.54, 1.807) is 12.4 Å². The van der Waals surface area contributed by atoms with Crippen LogP contribution in [0.2, 0.25) is 0 Å². The molecule has 0 bridgehead atoms. The minimum Gasteiger partial charge on any atom is -0.379 e. The SMILES string of the molecule is O=C(NCCN1CCOCC1)c1cccc2c1C1(CCNCC1)C(=O)N2Cc1cccnc1. The lowest BCUT2D eigenvalue weighted by Gasteiger charge is -2.34. The van der Waals surface area contributed by atoms with Crippen molar-refractivity contribution in [3.05, 3.63) is 59.4 Å². The van der Waals surface area contributed by atoms with Gasteiger partial charge < -0.3 is 20.3 Å². The fraction of sp³-hybridized carbons (Fsp3) is 0.480. The third-order valence-electron chi connectivity index (χ3n) is 7.05. The van der Waals surface area contributed by atoms with E-state index >= 15 is 0 Å². The number of rotatable bonds is 6. The van der Waals surface area contributed by atoms with Crippen molar-refractivity contribution in [1.29, 1.82) is 0 Å². The summed E-state index contributed by atoms with van der Waals surface area (Å²) in [5.74, 6) is -0.00883. The van der Waals surface area contributed by atoms with Crippen LogP contribution in [0.25, 0.3) is 0 Å². The largest absolute Gasteiger partial charge is 0.379 e. The molecule has 1 spiro atoms. The second-order valence-electron chi connectivity index (χ2n) is 8.99. The summed E-state index contributed by atoms with van der Waals surface area (Å²) in [6.45, 7) is 6.62. The van der Waals surface area contributed by atoms with E-state index in [9.17, 15) is 9.59 Å². The van der Waals surface area contributed by atoms with Crippen molar-refractivity contribution >= 4 is 17.5 Å². The maximum atomic E-state index is 13.9. The molecule has 33 heavy (non-hydrogen) atoms. The molecule has 0 saturated carbocycles. The number of nitrogens with zero attached hydrogens (tertiary/aromatic N) is 3. The molecular weight excluding hydrogens is 418 g/mol. The van der Waals surface area contributed by atoms with Crippen molar-refractivity contribution in [2.45, 2.75) is 24.8 Å². The van der Waals surface area contributed by atoms with E-state index in [1.807, 2.05) is 35.2 Å². The lowest BCUT2D eigenvalue weighted by Crippen LogP contribution is -2.48. The lowest BCUT2D eigenvalue weighted by molar-refractivity contribution is -0.124. The van der Waals surface area contributed by atoms with Crippen LogP contribution in [0.1, 0.15) is 34.3 Å². The highest BCUT2D eigenvalue weighted by Crippen LogP contribution is 2.49. The zero-order chi connectivity index (χ0) is 22.7. The van der Waals surface area contributed by atoms with Crippen molar-refractivity contribution in [3.8, 4) is 0 Å². The van der Waals surface area contributed by atoms with Crippen LogP contribution in [-0.4, -0.2) is 74.2 Å². The first-order valence-corrected chi connectivity index (χ1v) is 11.8. The quantitative estimate of drug-likeness (QED) is 0.692. The van der Waals surface area contributed by atoms with Crippen LogP contribution < -0.4 is 15.5 Å². The van der Waals surface area contributed by atoms with Crippen LogP contribution in [0.5, 0.6) is 0 Å². The first-order valence-electron chi connectivity index (χ1n) is 11.8. The molecule has 1 aromatic heterocycles. The molecule has 2 aromatic rings. The Morgan fingerprint density at radius 1 is 1.15 bits per heavy atom. The smallest absolute Gasteiger partial charge is 0.251 e. The van der Waals surface area contributed by atoms with E-state index in [1.165, 1.54) is 0 Å². The fourth-order valence-corrected chi connectivity index (χ4v) is 5.33. The average Bonchev–Trinajstić information content (AvgIpc) is 3.08. The van der Waals surface area contributed by atoms with Crippen LogP contribution in [0.3, 0.4) is 0 Å². The topological polar surface area (TPSA) is 86.8 Å². The molecule has 0 atom stereocenters. The van der Waals surface area contributed by atoms with Crippen molar-refractivity contribution in [1.82, 2.24) is 20.5 Å². The third-order valence-corrected chi connectivity index (χ3v) is 7.05. The molecule has 2 fully saturated rings. The van der Waals surface area contributed by atoms with Crippen molar-refractivity contribution in [2.24, 2.45) is 0 Å². The number of hydrogen-bond acceptors (Lipinski definition) is 6. The average molecular weight is 450 g/mol. The number of benzene rings is 1. The molecule has 3 aliphatic heterocycles. The summed E-state index contributed by atoms with van der Waals surface area (Å²) in [6, 6.07) is 9.60. The van der Waals surface area contributed by atoms with Gasteiger partial charge in [-0.25, -0.2) is 0 Å². The highest BCUT2D eigenvalue weighted by atomic mass is 16.5. The number of carbonyl (C=O) groups is 2. The van der Waals surface area contributed by atoms with E-state index in [0.29, 0.717) is 31.5 Å². The van der Waals surface area contributed by atoms with Gasteiger partial charge in [-0.2, -0.15) is 0 Å². The summed E-state index contributed by atoms with van der Waals surface area (Å²) in [7, 11) is 0. The van der Waals surface area contributed by atoms with Crippen molar-refractivity contribution < 1.29 is 14.3 Å². The molecule has 8 nitrogen and oxygen atoms in total. The highest BCUT2D eigenvalue weighted by Gasteiger charge is 2.52. The molecule has 3 aliphatic rings. The third kappa shape index (κ3) is 4.26. The van der Waals surface area contributed by atoms with Gasteiger partial charge in [0.2, 0.25) is 5.91 Å². The van der Waals surface area contributed by atoms with Gasteiger partial charge in [0, 0.05) is 55.4 Å². The van der Waals surface area contributed by atoms with Gasteiger partial charge in [-0.3, -0.25) is 19.5 Å². The van der Waals surface area contributed by atoms with Crippen LogP contribution in [0.4, 0.5) is 5.69 Å². The number of hydrogen-bond donors (Lipinski definition) is 2. The Kier molecular flexibility index (Phi) is 6.39. The Labute approximate surface area is 194 Å². The standard InChI is InChI=1S/C25H31N5O3/c31-23(28-11-12-29-13-15-33-16-14-29)20-4-1-5-21-22(20)25(6-9-26-10-7-25)24(32)30(21)18-19-3-2-8-27-17-19/h1-5,8,17,26H,6-7,9-16,18H2,(H,28,31). The Morgan fingerprint density at radius 2 is 1.97 bits per heavy atom. The number of fused-ring (bicyclic) bond motifs is 2. The molecule has 2 N–H and O–H groups in total. The summed E-state index contributed by atoms with van der Waals surface area (Å²) in [5.41, 5.74) is 2.69. The van der Waals surface area contributed by atoms with Gasteiger partial charge in [0.15, 0.2) is 0 Å². The highest BCUT2D eigenvalue weighted by molar-refractivity contribution is 6.12. The predicted octanol–water partition coefficient (Wildman–Crippen LogP) is 1.31. The maximum Gasteiger partial charge on any atom is 0.251 e. The second kappa shape index (κ2) is 9.59. The number of pyridine rings is 1. The summed E-state index contributed by atoms with van der Waals surface area (Å²) >= 11 is 0. The Balaban J connectivity index is 1.42. The summed E-state index contributed by atoms with van der Waals surface area (Å²) < 4.78 is 5.40. The van der Waals surface area contributed by atoms with Gasteiger partial charge >= 0.3 is 0 Å². The van der Waals surface area contributed by atoms with Gasteiger partial charge in [0.05, 0.1) is 25.2 Å². The molecule has 174 valence electrons. The first-order chi connectivity index (χ1) is 16.2. The minimum absolute atomic E-state index is 0.0939. The van der Waals surface area contributed by atoms with Gasteiger partial charge in [0.25, 0.3) is 5.91 Å². The zero-order valence-corrected chi connectivity index (χ0v) is 18.9. The molecule has 0 unspecified atom stereocenters. The van der Waals surface area contributed by atoms with E-state index in [2.05, 4.69) is 20.5 Å². The number of anilines is 1. The molecular formula is C25H31N5O3. The van der Waals surface area contributed by atoms with Gasteiger partial charge in [-0.1, -0.05) is 12.1 Å². The van der Waals surface area contributed by atoms with E-state index < -0.39 is 5.41 Å². The molecule has 2 saturated heterocycles. The fourth-order valence-electron chi connectivity index (χ4n) is 5.33. The minimum atomic E-state index is -0.652. The van der Waals surface area contributed by atoms with Gasteiger partial charge in [-0.15, -0.1) is 0 Å². The Morgan fingerprint density at radius 3 is 2.73 bits per heavy atom. The number of amides is 2. The van der Waals surface area contributed by atoms with Gasteiger partial charge in [0.1, 0.15) is 0 Å². The van der Waals surface area contributed by atoms with E-state index in [0.717, 1.165) is 62.8 Å². The molecule has 4 heterocycles. The van der Waals surface area contributed by atoms with Crippen molar-refractivity contribution in [2.75, 3.05) is 57.4 Å². The first kappa shape index (κ1) is 22.0. The van der Waals surface area contributed by atoms with Gasteiger partial charge in [-0.05, 0) is 49.7 Å². The van der Waals surface area contributed by atoms with Crippen LogP contribution in [0, 0.1) is 0 Å². The normalized spacial score (nSPS) is 20.1. The van der Waals surface area contributed by atoms with E-state index in [4.69, 9.17) is 4.74 Å². The van der Waals surface area contributed by atoms with Crippen LogP contribution in [0.15, 0.2) is 42.7 Å².